The van der Waals surface area contributed by atoms with Gasteiger partial charge in [-0.2, -0.15) is 13.2 Å². The van der Waals surface area contributed by atoms with Crippen LogP contribution in [0, 0.1) is 6.92 Å². The summed E-state index contributed by atoms with van der Waals surface area (Å²) >= 11 is 0. The fraction of sp³-hybridized carbons (Fsp3) is 0.200. The van der Waals surface area contributed by atoms with Crippen molar-refractivity contribution in [2.75, 3.05) is 4.90 Å². The molecule has 0 radical (unpaired) electrons. The van der Waals surface area contributed by atoms with Gasteiger partial charge in [-0.25, -0.2) is 0 Å². The van der Waals surface area contributed by atoms with Crippen LogP contribution in [0.3, 0.4) is 0 Å². The van der Waals surface area contributed by atoms with E-state index in [0.717, 1.165) is 0 Å². The van der Waals surface area contributed by atoms with E-state index in [9.17, 15) is 13.2 Å². The molecule has 2 aromatic rings. The molecule has 0 spiro atoms. The maximum atomic E-state index is 13.2. The molecule has 0 unspecified atom stereocenters. The maximum absolute atomic E-state index is 13.2. The summed E-state index contributed by atoms with van der Waals surface area (Å²) < 4.78 is 39.6. The Bertz CT molecular complexity index is 535. The molecule has 0 heterocycles. The molecule has 0 aliphatic rings. The molecule has 100 valence electrons. The van der Waals surface area contributed by atoms with Crippen LogP contribution in [0.4, 0.5) is 18.9 Å². The van der Waals surface area contributed by atoms with E-state index in [1.165, 1.54) is 6.07 Å². The van der Waals surface area contributed by atoms with Gasteiger partial charge in [0, 0.05) is 5.69 Å². The molecule has 19 heavy (non-hydrogen) atoms. The predicted octanol–water partition coefficient (Wildman–Crippen LogP) is 4.52. The van der Waals surface area contributed by atoms with E-state index >= 15 is 0 Å². The van der Waals surface area contributed by atoms with Crippen LogP contribution in [0.25, 0.3) is 0 Å². The number of rotatable bonds is 3. The molecule has 0 aromatic heterocycles. The van der Waals surface area contributed by atoms with E-state index in [4.69, 9.17) is 0 Å². The second kappa shape index (κ2) is 5.34. The average Bonchev–Trinajstić information content (AvgIpc) is 2.37. The highest BCUT2D eigenvalue weighted by Gasteiger charge is 2.37. The first kappa shape index (κ1) is 13.5. The number of hydrogen-bond acceptors (Lipinski definition) is 1. The molecule has 0 amide bonds. The molecule has 1 nitrogen and oxygen atoms in total. The Labute approximate surface area is 110 Å². The van der Waals surface area contributed by atoms with Crippen molar-refractivity contribution >= 4 is 5.69 Å². The first-order valence-electron chi connectivity index (χ1n) is 5.92. The van der Waals surface area contributed by atoms with Crippen molar-refractivity contribution in [2.24, 2.45) is 0 Å². The normalized spacial score (nSPS) is 11.4. The molecule has 2 rings (SSSR count). The van der Waals surface area contributed by atoms with Crippen LogP contribution < -0.4 is 4.90 Å². The van der Waals surface area contributed by atoms with Gasteiger partial charge < -0.3 is 0 Å². The van der Waals surface area contributed by atoms with Crippen molar-refractivity contribution in [3.05, 3.63) is 65.7 Å². The van der Waals surface area contributed by atoms with Crippen molar-refractivity contribution in [3.63, 3.8) is 0 Å². The highest BCUT2D eigenvalue weighted by atomic mass is 19.4. The zero-order valence-corrected chi connectivity index (χ0v) is 10.5. The second-order valence-electron chi connectivity index (χ2n) is 4.33. The van der Waals surface area contributed by atoms with E-state index in [1.54, 1.807) is 55.5 Å². The fourth-order valence-corrected chi connectivity index (χ4v) is 1.94. The Balaban J connectivity index is 2.36. The van der Waals surface area contributed by atoms with Gasteiger partial charge in [0.15, 0.2) is 0 Å². The molecule has 0 saturated carbocycles. The standard InChI is InChI=1S/C15H14F3N/c1-12-7-5-6-10-14(12)19(15(16,17)18)11-13-8-3-2-4-9-13/h2-10H,11H2,1H3. The Hall–Kier alpha value is -1.97. The number of hydrogen-bond donors (Lipinski definition) is 0. The molecule has 0 saturated heterocycles. The molecule has 0 bridgehead atoms. The van der Waals surface area contributed by atoms with Gasteiger partial charge in [-0.3, -0.25) is 4.90 Å². The predicted molar refractivity (Wildman–Crippen MR) is 69.9 cm³/mol. The average molecular weight is 265 g/mol. The Morgan fingerprint density at radius 3 is 2.05 bits per heavy atom. The molecule has 0 aliphatic heterocycles. The fourth-order valence-electron chi connectivity index (χ4n) is 1.94. The van der Waals surface area contributed by atoms with Gasteiger partial charge in [0.25, 0.3) is 0 Å². The monoisotopic (exact) mass is 265 g/mol. The summed E-state index contributed by atoms with van der Waals surface area (Å²) in [7, 11) is 0. The summed E-state index contributed by atoms with van der Waals surface area (Å²) in [6.45, 7) is 1.49. The number of aryl methyl sites for hydroxylation is 1. The minimum Gasteiger partial charge on any atom is -0.279 e. The van der Waals surface area contributed by atoms with Gasteiger partial charge in [-0.1, -0.05) is 48.5 Å². The van der Waals surface area contributed by atoms with Crippen molar-refractivity contribution < 1.29 is 13.2 Å². The van der Waals surface area contributed by atoms with Crippen LogP contribution in [0.2, 0.25) is 0 Å². The Morgan fingerprint density at radius 2 is 1.47 bits per heavy atom. The van der Waals surface area contributed by atoms with Gasteiger partial charge in [-0.05, 0) is 24.1 Å². The van der Waals surface area contributed by atoms with E-state index in [-0.39, 0.29) is 12.2 Å². The molecule has 2 aromatic carbocycles. The Kier molecular flexibility index (Phi) is 3.79. The van der Waals surface area contributed by atoms with Gasteiger partial charge in [0.05, 0.1) is 6.54 Å². The first-order valence-corrected chi connectivity index (χ1v) is 5.92. The zero-order valence-electron chi connectivity index (χ0n) is 10.5. The quantitative estimate of drug-likeness (QED) is 0.737. The molecule has 0 aliphatic carbocycles. The molecular weight excluding hydrogens is 251 g/mol. The minimum absolute atomic E-state index is 0.185. The van der Waals surface area contributed by atoms with Crippen LogP contribution >= 0.6 is 0 Å². The SMILES string of the molecule is Cc1ccccc1N(Cc1ccccc1)C(F)(F)F. The number of nitrogens with zero attached hydrogens (tertiary/aromatic N) is 1. The summed E-state index contributed by atoms with van der Waals surface area (Å²) in [5.74, 6) is 0. The summed E-state index contributed by atoms with van der Waals surface area (Å²) in [6, 6.07) is 15.2. The lowest BCUT2D eigenvalue weighted by molar-refractivity contribution is -0.130. The molecule has 4 heteroatoms. The number of benzene rings is 2. The zero-order chi connectivity index (χ0) is 13.9. The van der Waals surface area contributed by atoms with Gasteiger partial charge in [-0.15, -0.1) is 0 Å². The maximum Gasteiger partial charge on any atom is 0.485 e. The van der Waals surface area contributed by atoms with Crippen LogP contribution in [0.15, 0.2) is 54.6 Å². The Morgan fingerprint density at radius 1 is 0.895 bits per heavy atom. The van der Waals surface area contributed by atoms with Crippen LogP contribution in [-0.4, -0.2) is 6.30 Å². The lowest BCUT2D eigenvalue weighted by Crippen LogP contribution is -2.37. The third-order valence-corrected chi connectivity index (χ3v) is 2.90. The lowest BCUT2D eigenvalue weighted by atomic mass is 10.1. The summed E-state index contributed by atoms with van der Waals surface area (Å²) in [4.78, 5) is 0.470. The number of halogens is 3. The lowest BCUT2D eigenvalue weighted by Gasteiger charge is -2.28. The highest BCUT2D eigenvalue weighted by molar-refractivity contribution is 5.54. The second-order valence-corrected chi connectivity index (χ2v) is 4.33. The largest absolute Gasteiger partial charge is 0.485 e. The van der Waals surface area contributed by atoms with E-state index in [0.29, 0.717) is 16.0 Å². The first-order chi connectivity index (χ1) is 8.98. The molecule has 0 fully saturated rings. The van der Waals surface area contributed by atoms with E-state index < -0.39 is 6.30 Å². The third kappa shape index (κ3) is 3.28. The van der Waals surface area contributed by atoms with Gasteiger partial charge >= 0.3 is 6.30 Å². The summed E-state index contributed by atoms with van der Waals surface area (Å²) in [5.41, 5.74) is 1.43. The highest BCUT2D eigenvalue weighted by Crippen LogP contribution is 2.32. The van der Waals surface area contributed by atoms with Crippen molar-refractivity contribution in [1.29, 1.82) is 0 Å². The summed E-state index contributed by atoms with van der Waals surface area (Å²) in [6.07, 6.45) is -4.40. The third-order valence-electron chi connectivity index (χ3n) is 2.90. The van der Waals surface area contributed by atoms with Crippen molar-refractivity contribution in [1.82, 2.24) is 0 Å². The van der Waals surface area contributed by atoms with E-state index in [2.05, 4.69) is 0 Å². The van der Waals surface area contributed by atoms with Gasteiger partial charge in [0.2, 0.25) is 0 Å². The van der Waals surface area contributed by atoms with Crippen LogP contribution in [0.5, 0.6) is 0 Å². The molecule has 0 atom stereocenters. The van der Waals surface area contributed by atoms with Crippen LogP contribution in [-0.2, 0) is 6.54 Å². The number of alkyl halides is 3. The topological polar surface area (TPSA) is 3.24 Å². The smallest absolute Gasteiger partial charge is 0.279 e. The van der Waals surface area contributed by atoms with E-state index in [1.807, 2.05) is 0 Å². The molecular formula is C15H14F3N. The van der Waals surface area contributed by atoms with Gasteiger partial charge in [0.1, 0.15) is 0 Å². The minimum atomic E-state index is -4.40. The van der Waals surface area contributed by atoms with Crippen molar-refractivity contribution in [3.8, 4) is 0 Å². The summed E-state index contributed by atoms with van der Waals surface area (Å²) in [5, 5.41) is 0. The number of anilines is 1. The molecule has 0 N–H and O–H groups in total. The number of para-hydroxylation sites is 1. The van der Waals surface area contributed by atoms with Crippen molar-refractivity contribution in [2.45, 2.75) is 19.8 Å². The van der Waals surface area contributed by atoms with Crippen LogP contribution in [0.1, 0.15) is 11.1 Å².